The number of rotatable bonds is 6. The summed E-state index contributed by atoms with van der Waals surface area (Å²) < 4.78 is 5.98. The van der Waals surface area contributed by atoms with Crippen molar-refractivity contribution in [3.8, 4) is 5.75 Å². The molecule has 1 aromatic carbocycles. The first-order valence-corrected chi connectivity index (χ1v) is 12.9. The highest BCUT2D eigenvalue weighted by molar-refractivity contribution is 5.99. The number of aromatic hydroxyl groups is 1. The third kappa shape index (κ3) is 5.19. The van der Waals surface area contributed by atoms with Gasteiger partial charge >= 0.3 is 0 Å². The minimum Gasteiger partial charge on any atom is -0.505 e. The number of hydrogen-bond acceptors (Lipinski definition) is 10. The number of nitrogens with zero attached hydrogens (tertiary/aromatic N) is 4. The molecular weight excluding hydrogens is 484 g/mol. The van der Waals surface area contributed by atoms with Gasteiger partial charge in [0.2, 0.25) is 0 Å². The maximum atomic E-state index is 13.2. The predicted octanol–water partition coefficient (Wildman–Crippen LogP) is 4.21. The maximum Gasteiger partial charge on any atom is 0.257 e. The van der Waals surface area contributed by atoms with Crippen molar-refractivity contribution in [2.75, 3.05) is 61.2 Å². The summed E-state index contributed by atoms with van der Waals surface area (Å²) in [6, 6.07) is 8.81. The van der Waals surface area contributed by atoms with E-state index in [1.165, 1.54) is 0 Å². The summed E-state index contributed by atoms with van der Waals surface area (Å²) in [4.78, 5) is 26.7. The van der Waals surface area contributed by atoms with Gasteiger partial charge in [0.15, 0.2) is 29.0 Å². The molecule has 1 fully saturated rings. The highest BCUT2D eigenvalue weighted by atomic mass is 16.3. The molecule has 5 rings (SSSR count). The number of fused-ring (bicyclic) bond motifs is 1. The van der Waals surface area contributed by atoms with E-state index in [-0.39, 0.29) is 28.7 Å². The van der Waals surface area contributed by atoms with Gasteiger partial charge in [-0.15, -0.1) is 0 Å². The van der Waals surface area contributed by atoms with Gasteiger partial charge in [-0.2, -0.15) is 0 Å². The summed E-state index contributed by atoms with van der Waals surface area (Å²) in [5.41, 5.74) is 0.404. The summed E-state index contributed by atoms with van der Waals surface area (Å²) in [6.45, 7) is 11.6. The first-order valence-electron chi connectivity index (χ1n) is 12.9. The van der Waals surface area contributed by atoms with Crippen molar-refractivity contribution in [3.63, 3.8) is 0 Å². The van der Waals surface area contributed by atoms with Crippen LogP contribution in [0.4, 0.5) is 29.0 Å². The first kappa shape index (κ1) is 25.7. The monoisotopic (exact) mass is 520 g/mol. The van der Waals surface area contributed by atoms with Gasteiger partial charge in [-0.25, -0.2) is 9.97 Å². The molecule has 2 aromatic heterocycles. The number of phenols is 1. The molecule has 0 spiro atoms. The molecule has 38 heavy (non-hydrogen) atoms. The summed E-state index contributed by atoms with van der Waals surface area (Å²) in [6.07, 6.45) is 0. The fourth-order valence-electron chi connectivity index (χ4n) is 4.67. The Hall–Kier alpha value is -3.99. The molecule has 0 aliphatic carbocycles. The lowest BCUT2D eigenvalue weighted by atomic mass is 9.85. The summed E-state index contributed by atoms with van der Waals surface area (Å²) in [5, 5.41) is 24.2. The van der Waals surface area contributed by atoms with Gasteiger partial charge in [-0.05, 0) is 43.7 Å². The van der Waals surface area contributed by atoms with Crippen LogP contribution in [0.2, 0.25) is 0 Å². The number of furan rings is 1. The SMILES string of the molecule is Cc1ccc([C@H](Nc2nc3c(nc2Nc2cccc(C(=O)N4CCN(C)CC4)c2O)NCN3)C(C)(C)C)o1. The van der Waals surface area contributed by atoms with Crippen LogP contribution in [0.1, 0.15) is 48.7 Å². The number of hydrogen-bond donors (Lipinski definition) is 5. The molecule has 5 N–H and O–H groups in total. The normalized spacial score (nSPS) is 16.4. The number of phenolic OH excluding ortho intramolecular Hbond substituents is 1. The number of amides is 1. The molecule has 0 radical (unpaired) electrons. The van der Waals surface area contributed by atoms with Crippen molar-refractivity contribution in [1.82, 2.24) is 19.8 Å². The molecule has 2 aliphatic heterocycles. The van der Waals surface area contributed by atoms with E-state index in [2.05, 4.69) is 46.9 Å². The van der Waals surface area contributed by atoms with E-state index < -0.39 is 0 Å². The lowest BCUT2D eigenvalue weighted by Gasteiger charge is -2.32. The number of para-hydroxylation sites is 1. The molecule has 0 unspecified atom stereocenters. The Kier molecular flexibility index (Phi) is 6.78. The molecule has 1 atom stereocenters. The molecular formula is C27H36N8O3. The van der Waals surface area contributed by atoms with Crippen molar-refractivity contribution in [3.05, 3.63) is 47.4 Å². The van der Waals surface area contributed by atoms with Gasteiger partial charge in [-0.1, -0.05) is 26.8 Å². The Morgan fingerprint density at radius 2 is 1.74 bits per heavy atom. The third-order valence-corrected chi connectivity index (χ3v) is 6.91. The van der Waals surface area contributed by atoms with Gasteiger partial charge in [0.25, 0.3) is 5.91 Å². The van der Waals surface area contributed by atoms with Crippen molar-refractivity contribution in [2.24, 2.45) is 5.41 Å². The van der Waals surface area contributed by atoms with Crippen LogP contribution in [0.25, 0.3) is 0 Å². The Morgan fingerprint density at radius 1 is 1.05 bits per heavy atom. The van der Waals surface area contributed by atoms with Crippen molar-refractivity contribution in [2.45, 2.75) is 33.7 Å². The number of aryl methyl sites for hydroxylation is 1. The highest BCUT2D eigenvalue weighted by Crippen LogP contribution is 2.40. The van der Waals surface area contributed by atoms with E-state index in [4.69, 9.17) is 14.4 Å². The second kappa shape index (κ2) is 10.1. The number of carbonyl (C=O) groups is 1. The maximum absolute atomic E-state index is 13.2. The van der Waals surface area contributed by atoms with E-state index in [0.29, 0.717) is 48.7 Å². The van der Waals surface area contributed by atoms with Crippen molar-refractivity contribution in [1.29, 1.82) is 0 Å². The summed E-state index contributed by atoms with van der Waals surface area (Å²) in [7, 11) is 2.04. The van der Waals surface area contributed by atoms with E-state index in [9.17, 15) is 9.90 Å². The number of anilines is 5. The van der Waals surface area contributed by atoms with E-state index in [1.807, 2.05) is 26.1 Å². The lowest BCUT2D eigenvalue weighted by Crippen LogP contribution is -2.47. The van der Waals surface area contributed by atoms with Gasteiger partial charge in [0, 0.05) is 26.2 Å². The number of likely N-dealkylation sites (N-methyl/N-ethyl adjacent to an activating group) is 1. The van der Waals surface area contributed by atoms with Crippen LogP contribution in [0, 0.1) is 12.3 Å². The van der Waals surface area contributed by atoms with Crippen LogP contribution in [0.15, 0.2) is 34.7 Å². The quantitative estimate of drug-likeness (QED) is 0.301. The van der Waals surface area contributed by atoms with Crippen molar-refractivity contribution >= 4 is 34.9 Å². The molecule has 0 saturated carbocycles. The number of benzene rings is 1. The third-order valence-electron chi connectivity index (χ3n) is 6.91. The minimum atomic E-state index is -0.217. The number of piperazine rings is 1. The van der Waals surface area contributed by atoms with Gasteiger partial charge < -0.3 is 40.6 Å². The Bertz CT molecular complexity index is 1320. The summed E-state index contributed by atoms with van der Waals surface area (Å²) >= 11 is 0. The zero-order valence-electron chi connectivity index (χ0n) is 22.6. The fourth-order valence-corrected chi connectivity index (χ4v) is 4.67. The molecule has 4 heterocycles. The molecule has 202 valence electrons. The molecule has 3 aromatic rings. The molecule has 1 amide bonds. The van der Waals surface area contributed by atoms with Crippen LogP contribution < -0.4 is 21.3 Å². The Balaban J connectivity index is 1.47. The van der Waals surface area contributed by atoms with Crippen LogP contribution >= 0.6 is 0 Å². The Morgan fingerprint density at radius 3 is 2.37 bits per heavy atom. The largest absolute Gasteiger partial charge is 0.505 e. The zero-order valence-corrected chi connectivity index (χ0v) is 22.6. The van der Waals surface area contributed by atoms with E-state index in [0.717, 1.165) is 24.6 Å². The second-order valence-electron chi connectivity index (χ2n) is 11.0. The van der Waals surface area contributed by atoms with Crippen LogP contribution in [0.5, 0.6) is 5.75 Å². The van der Waals surface area contributed by atoms with Crippen LogP contribution in [-0.4, -0.2) is 70.7 Å². The molecule has 1 saturated heterocycles. The zero-order chi connectivity index (χ0) is 27.0. The topological polar surface area (TPSA) is 131 Å². The average Bonchev–Trinajstić information content (AvgIpc) is 3.51. The number of nitrogens with one attached hydrogen (secondary N) is 4. The molecule has 2 aliphatic rings. The van der Waals surface area contributed by atoms with Crippen LogP contribution in [-0.2, 0) is 0 Å². The number of aromatic nitrogens is 2. The highest BCUT2D eigenvalue weighted by Gasteiger charge is 2.31. The smallest absolute Gasteiger partial charge is 0.257 e. The first-order chi connectivity index (χ1) is 18.1. The van der Waals surface area contributed by atoms with E-state index >= 15 is 0 Å². The van der Waals surface area contributed by atoms with Gasteiger partial charge in [0.1, 0.15) is 11.5 Å². The van der Waals surface area contributed by atoms with Gasteiger partial charge in [-0.3, -0.25) is 4.79 Å². The predicted molar refractivity (Wildman–Crippen MR) is 148 cm³/mol. The molecule has 11 nitrogen and oxygen atoms in total. The fraction of sp³-hybridized carbons (Fsp3) is 0.444. The summed E-state index contributed by atoms with van der Waals surface area (Å²) in [5.74, 6) is 3.44. The van der Waals surface area contributed by atoms with Gasteiger partial charge in [0.05, 0.1) is 24.0 Å². The van der Waals surface area contributed by atoms with Crippen molar-refractivity contribution < 1.29 is 14.3 Å². The lowest BCUT2D eigenvalue weighted by molar-refractivity contribution is 0.0661. The second-order valence-corrected chi connectivity index (χ2v) is 11.0. The molecule has 0 bridgehead atoms. The molecule has 11 heteroatoms. The minimum absolute atomic E-state index is 0.121. The van der Waals surface area contributed by atoms with E-state index in [1.54, 1.807) is 23.1 Å². The average molecular weight is 521 g/mol. The standard InChI is InChI=1S/C27H36N8O3/c1-16-9-10-19(38-16)21(27(2,3)4)31-25-24(32-22-23(33-25)29-15-28-22)30-18-8-6-7-17(20(18)36)26(37)35-13-11-34(5)12-14-35/h6-10,21,36H,11-15H2,1-5H3,(H2,28,30,32)(H2,29,31,33)/t21-/m0/s1. The Labute approximate surface area is 222 Å². The van der Waals surface area contributed by atoms with Crippen LogP contribution in [0.3, 0.4) is 0 Å². The number of carbonyl (C=O) groups excluding carboxylic acids is 1.